The van der Waals surface area contributed by atoms with Gasteiger partial charge in [0.25, 0.3) is 11.8 Å². The van der Waals surface area contributed by atoms with E-state index >= 15 is 0 Å². The Morgan fingerprint density at radius 3 is 1.29 bits per heavy atom. The van der Waals surface area contributed by atoms with Gasteiger partial charge in [-0.15, -0.1) is 0 Å². The van der Waals surface area contributed by atoms with Gasteiger partial charge in [0.2, 0.25) is 53.2 Å². The summed E-state index contributed by atoms with van der Waals surface area (Å²) in [5, 5.41) is 12.3. The van der Waals surface area contributed by atoms with Crippen molar-refractivity contribution >= 4 is 121 Å². The maximum atomic E-state index is 12.6. The largest absolute Gasteiger partial charge is 1.00 e. The molecule has 38 heteroatoms. The molecule has 8 bridgehead atoms. The minimum atomic E-state index is -0.921. The quantitative estimate of drug-likeness (QED) is 0.0189. The Bertz CT molecular complexity index is 3970. The Morgan fingerprint density at radius 1 is 0.514 bits per heavy atom. The second-order valence-electron chi connectivity index (χ2n) is 27.7. The summed E-state index contributed by atoms with van der Waals surface area (Å²) in [7, 11) is 4.32. The van der Waals surface area contributed by atoms with Gasteiger partial charge in [-0.05, 0) is 94.7 Å². The van der Waals surface area contributed by atoms with Crippen molar-refractivity contribution in [1.29, 1.82) is 0 Å². The summed E-state index contributed by atoms with van der Waals surface area (Å²) in [6.07, 6.45) is 3.98. The molecule has 0 aromatic heterocycles. The van der Waals surface area contributed by atoms with Gasteiger partial charge in [0.05, 0.1) is 37.1 Å². The Kier molecular flexibility index (Phi) is 32.9. The van der Waals surface area contributed by atoms with Crippen molar-refractivity contribution in [2.45, 2.75) is 135 Å². The second-order valence-corrected chi connectivity index (χ2v) is 27.7. The Labute approximate surface area is 661 Å². The molecule has 4 saturated carbocycles. The van der Waals surface area contributed by atoms with E-state index in [1.54, 1.807) is 4.90 Å². The fourth-order valence-electron chi connectivity index (χ4n) is 13.6. The number of hydrogen-bond acceptors (Lipinski definition) is 27. The fourth-order valence-corrected chi connectivity index (χ4v) is 13.6. The number of piperidine rings is 8. The number of aldehydes is 1. The van der Waals surface area contributed by atoms with Gasteiger partial charge in [-0.2, -0.15) is 0 Å². The van der Waals surface area contributed by atoms with Crippen LogP contribution in [0.5, 0.6) is 0 Å². The predicted octanol–water partition coefficient (Wildman–Crippen LogP) is -2.63. The molecule has 589 valence electrons. The molecule has 0 atom stereocenters. The Morgan fingerprint density at radius 2 is 0.910 bits per heavy atom. The van der Waals surface area contributed by atoms with Gasteiger partial charge in [0.15, 0.2) is 0 Å². The molecule has 13 amide bonds. The molecule has 3 aromatic carbocycles. The summed E-state index contributed by atoms with van der Waals surface area (Å²) in [5.41, 5.74) is 5.33. The second kappa shape index (κ2) is 40.9. The van der Waals surface area contributed by atoms with E-state index < -0.39 is 64.1 Å². The van der Waals surface area contributed by atoms with Gasteiger partial charge >= 0.3 is 59.8 Å². The molecule has 14 aliphatic rings. The minimum Gasteiger partial charge on any atom is -0.793 e. The molecule has 3 aromatic rings. The molecular weight excluding hydrogens is 1460 g/mol. The van der Waals surface area contributed by atoms with Crippen LogP contribution < -0.4 is 61.9 Å². The van der Waals surface area contributed by atoms with Gasteiger partial charge in [0.1, 0.15) is 55.3 Å². The number of piperazine rings is 2. The summed E-state index contributed by atoms with van der Waals surface area (Å²) in [6.45, 7) is 8.72. The Balaban J connectivity index is 0.000000213. The third-order valence-corrected chi connectivity index (χ3v) is 19.4. The number of amides is 13. The molecule has 0 unspecified atom stereocenters. The van der Waals surface area contributed by atoms with Crippen LogP contribution in [0.2, 0.25) is 0 Å². The first-order chi connectivity index (χ1) is 52.2. The van der Waals surface area contributed by atoms with Crippen LogP contribution in [0.3, 0.4) is 0 Å². The Hall–Kier alpha value is -10.6. The van der Waals surface area contributed by atoms with Crippen molar-refractivity contribution in [3.05, 3.63) is 108 Å². The smallest absolute Gasteiger partial charge is 0.793 e. The number of benzene rings is 3. The van der Waals surface area contributed by atoms with Crippen LogP contribution in [0, 0.1) is 29.1 Å². The van der Waals surface area contributed by atoms with Crippen LogP contribution in [-0.4, -0.2) is 228 Å². The van der Waals surface area contributed by atoms with E-state index in [1.807, 2.05) is 91.0 Å². The van der Waals surface area contributed by atoms with Gasteiger partial charge in [-0.25, -0.2) is 33.7 Å². The molecule has 4 aliphatic carbocycles. The van der Waals surface area contributed by atoms with E-state index in [4.69, 9.17) is 19.9 Å². The van der Waals surface area contributed by atoms with Crippen molar-refractivity contribution in [3.8, 4) is 0 Å². The molecule has 10 aliphatic heterocycles. The summed E-state index contributed by atoms with van der Waals surface area (Å²) >= 11 is 0. The van der Waals surface area contributed by atoms with Crippen LogP contribution in [-0.2, 0) is 125 Å². The van der Waals surface area contributed by atoms with Crippen molar-refractivity contribution in [3.63, 3.8) is 0 Å². The van der Waals surface area contributed by atoms with Crippen molar-refractivity contribution in [1.82, 2.24) is 51.1 Å². The average molecular weight is 1550 g/mol. The number of hydrogen-bond donors (Lipinski definition) is 6. The zero-order valence-electron chi connectivity index (χ0n) is 62.4. The molecule has 10 heterocycles. The van der Waals surface area contributed by atoms with Gasteiger partial charge in [-0.3, -0.25) is 93.4 Å². The number of rotatable bonds is 18. The van der Waals surface area contributed by atoms with Crippen LogP contribution in [0.4, 0.5) is 14.4 Å². The number of nitrogens with two attached hydrogens (primary N) is 1. The molecule has 7 N–H and O–H groups in total. The molecule has 14 fully saturated rings. The molecule has 111 heavy (non-hydrogen) atoms. The first kappa shape index (κ1) is 89.3. The van der Waals surface area contributed by atoms with Crippen LogP contribution in [0.15, 0.2) is 91.0 Å². The van der Waals surface area contributed by atoms with Gasteiger partial charge in [0, 0.05) is 77.2 Å². The molecular formula is C73H88BN11NaO25. The summed E-state index contributed by atoms with van der Waals surface area (Å²) in [5.74, 6) is -4.75. The van der Waals surface area contributed by atoms with E-state index in [0.717, 1.165) is 35.4 Å². The number of fused-ring (bicyclic) bond motifs is 8. The summed E-state index contributed by atoms with van der Waals surface area (Å²) in [4.78, 5) is 229. The first-order valence-electron chi connectivity index (χ1n) is 35.2. The normalized spacial score (nSPS) is 24.0. The fraction of sp³-hybridized carbons (Fsp3) is 0.493. The number of Topliss-reactive ketones (excluding diaryl/α,β-unsaturated/α-hetero) is 2. The van der Waals surface area contributed by atoms with Crippen LogP contribution in [0.25, 0.3) is 0 Å². The number of carbonyl (C=O) groups is 19. The standard InChI is InChI=1S/C20H24N2O5.C18H19N3O5.C13H15NO4.C10H13N3O3.C6H8N2O2.C4H6O4.C2H3BO2.Na/c1-14(23)12-22(19(26)27-13-15-6-3-2-4-7-15)9-5-8-20-10-16(11-20)17(24)21-18(20)25;22-14-10-20(17(25)26-11-12-4-2-1-3-5-12)6-7-21(14)18-8-13(9-18)15(23)19-16(18)24;1-11(16)9-14(7-8-15)13(17)18-10-12-5-3-2-4-6-12;14-7-5-11-1-2-13(7)10-3-6(4-10)8(15)12-9(10)16;7-6-1-3(2-6)4(9)8-5(6)10;1-3(5)7-8-4(2)6;1-2(4)5-3;/h2-4,6-7,16H,5,8-13H2,1H3,(H,21,24,25);1-5,13H,6-11H2,(H,19,23,24);2-6,8H,7,9-10H2,1H3;6,11H,1-5H2,(H,12,15,16);3H,1-2,7H2,(H,8,9,10);1-2H3;1H3;/q;;;;;;-1;+1. The van der Waals surface area contributed by atoms with Crippen molar-refractivity contribution < 1.29 is 149 Å². The van der Waals surface area contributed by atoms with E-state index in [-0.39, 0.29) is 177 Å². The van der Waals surface area contributed by atoms with E-state index in [2.05, 4.69) is 49.1 Å². The molecule has 17 rings (SSSR count). The third kappa shape index (κ3) is 24.2. The number of imide groups is 4. The van der Waals surface area contributed by atoms with Crippen LogP contribution in [0.1, 0.15) is 116 Å². The first-order valence-corrected chi connectivity index (χ1v) is 35.2. The molecule has 0 spiro atoms. The average Bonchev–Trinajstić information content (AvgIpc) is 0.774. The number of carbonyl (C=O) groups excluding carboxylic acids is 19. The molecule has 36 nitrogen and oxygen atoms in total. The van der Waals surface area contributed by atoms with Gasteiger partial charge < -0.3 is 57.5 Å². The number of ether oxygens (including phenoxy) is 3. The van der Waals surface area contributed by atoms with E-state index in [9.17, 15) is 91.1 Å². The third-order valence-electron chi connectivity index (χ3n) is 19.4. The number of nitrogens with zero attached hydrogens (tertiary/aromatic N) is 5. The number of nitrogens with one attached hydrogen (secondary N) is 5. The van der Waals surface area contributed by atoms with Crippen molar-refractivity contribution in [2.75, 3.05) is 65.4 Å². The number of ketones is 2. The summed E-state index contributed by atoms with van der Waals surface area (Å²) < 4.78 is 19.2. The predicted molar refractivity (Wildman–Crippen MR) is 377 cm³/mol. The van der Waals surface area contributed by atoms with Crippen molar-refractivity contribution in [2.24, 2.45) is 34.8 Å². The SMILES string of the molecule is CC(=O)CN(CC=O)C(=O)OCc1ccccc1.CC(=O)CN(CCCC12CC(C1)C(=O)NC2=O)C(=O)OCc1ccccc1.CC(=O)OOC(C)=O.NC12CC(C1)C(=O)NC2=O.O=C1NC(=O)C2(N3CCN(C(=O)OCc4ccccc4)CC3=O)CC1C2.O=C1NC(=O)C2(N3CCNCC3=O)CC1C2.[B-]OC(C)=O.[Na+]. The summed E-state index contributed by atoms with van der Waals surface area (Å²) in [6, 6.07) is 27.8. The topological polar surface area (TPSA) is 482 Å². The molecule has 10 saturated heterocycles. The monoisotopic (exact) mass is 1550 g/mol. The molecule has 3 radical (unpaired) electrons. The minimum absolute atomic E-state index is 0. The van der Waals surface area contributed by atoms with E-state index in [1.165, 1.54) is 35.5 Å². The zero-order valence-corrected chi connectivity index (χ0v) is 64.4. The van der Waals surface area contributed by atoms with E-state index in [0.29, 0.717) is 96.7 Å². The van der Waals surface area contributed by atoms with Crippen LogP contribution >= 0.6 is 0 Å². The maximum absolute atomic E-state index is 12.6. The van der Waals surface area contributed by atoms with Gasteiger partial charge in [-0.1, -0.05) is 91.0 Å². The maximum Gasteiger partial charge on any atom is 1.00 e. The zero-order chi connectivity index (χ0) is 80.7.